The van der Waals surface area contributed by atoms with Gasteiger partial charge in [0.15, 0.2) is 5.96 Å². The van der Waals surface area contributed by atoms with Gasteiger partial charge in [-0.25, -0.2) is 0 Å². The van der Waals surface area contributed by atoms with Gasteiger partial charge in [0.2, 0.25) is 0 Å². The van der Waals surface area contributed by atoms with Gasteiger partial charge < -0.3 is 20.4 Å². The summed E-state index contributed by atoms with van der Waals surface area (Å²) in [4.78, 5) is 12.3. The average Bonchev–Trinajstić information content (AvgIpc) is 3.05. The highest BCUT2D eigenvalue weighted by Gasteiger charge is 2.14. The number of guanidine groups is 1. The Morgan fingerprint density at radius 3 is 2.54 bits per heavy atom. The molecule has 1 saturated heterocycles. The van der Waals surface area contributed by atoms with Gasteiger partial charge in [-0.1, -0.05) is 6.92 Å². The largest absolute Gasteiger partial charge is 0.356 e. The fourth-order valence-electron chi connectivity index (χ4n) is 3.37. The first-order chi connectivity index (χ1) is 12.6. The third-order valence-corrected chi connectivity index (χ3v) is 6.04. The molecule has 1 aliphatic heterocycles. The molecule has 2 N–H and O–H groups in total. The second kappa shape index (κ2) is 11.6. The van der Waals surface area contributed by atoms with Gasteiger partial charge in [0.1, 0.15) is 0 Å². The van der Waals surface area contributed by atoms with Crippen LogP contribution in [-0.2, 0) is 6.42 Å². The van der Waals surface area contributed by atoms with Crippen molar-refractivity contribution in [3.8, 4) is 0 Å². The standard InChI is InChI=1S/C20H37N5S/c1-5-24-12-14-25(15-13-24)11-7-6-10-22-20(21-4)23-17(2)16-19-9-8-18(3)26-19/h8-9,17H,5-7,10-16H2,1-4H3,(H2,21,22,23). The lowest BCUT2D eigenvalue weighted by Gasteiger charge is -2.34. The van der Waals surface area contributed by atoms with E-state index in [9.17, 15) is 0 Å². The fourth-order valence-corrected chi connectivity index (χ4v) is 4.39. The summed E-state index contributed by atoms with van der Waals surface area (Å²) in [7, 11) is 1.85. The van der Waals surface area contributed by atoms with Crippen LogP contribution in [0.4, 0.5) is 0 Å². The minimum absolute atomic E-state index is 0.383. The number of aliphatic imine (C=N–C) groups is 1. The Bertz CT molecular complexity index is 534. The van der Waals surface area contributed by atoms with Gasteiger partial charge in [0.05, 0.1) is 0 Å². The van der Waals surface area contributed by atoms with Crippen molar-refractivity contribution >= 4 is 17.3 Å². The second-order valence-corrected chi connectivity index (χ2v) is 8.62. The maximum absolute atomic E-state index is 4.36. The molecule has 0 radical (unpaired) electrons. The molecule has 1 atom stereocenters. The normalized spacial score (nSPS) is 18.1. The summed E-state index contributed by atoms with van der Waals surface area (Å²) in [5.41, 5.74) is 0. The quantitative estimate of drug-likeness (QED) is 0.393. The molecule has 0 saturated carbocycles. The molecule has 1 aromatic rings. The molecule has 148 valence electrons. The molecule has 1 aromatic heterocycles. The van der Waals surface area contributed by atoms with E-state index in [4.69, 9.17) is 0 Å². The maximum atomic E-state index is 4.36. The van der Waals surface area contributed by atoms with Crippen molar-refractivity contribution in [3.05, 3.63) is 21.9 Å². The van der Waals surface area contributed by atoms with Crippen LogP contribution in [0, 0.1) is 6.92 Å². The summed E-state index contributed by atoms with van der Waals surface area (Å²) in [6.07, 6.45) is 3.48. The number of likely N-dealkylation sites (N-methyl/N-ethyl adjacent to an activating group) is 1. The molecule has 2 rings (SSSR count). The lowest BCUT2D eigenvalue weighted by atomic mass is 10.2. The van der Waals surface area contributed by atoms with Crippen molar-refractivity contribution in [2.24, 2.45) is 4.99 Å². The third kappa shape index (κ3) is 7.64. The number of nitrogens with zero attached hydrogens (tertiary/aromatic N) is 3. The molecule has 0 amide bonds. The van der Waals surface area contributed by atoms with Gasteiger partial charge in [0, 0.05) is 62.0 Å². The zero-order chi connectivity index (χ0) is 18.8. The number of nitrogens with one attached hydrogen (secondary N) is 2. The van der Waals surface area contributed by atoms with Gasteiger partial charge >= 0.3 is 0 Å². The Labute approximate surface area is 163 Å². The van der Waals surface area contributed by atoms with Crippen LogP contribution in [0.15, 0.2) is 17.1 Å². The first-order valence-electron chi connectivity index (χ1n) is 10.1. The summed E-state index contributed by atoms with van der Waals surface area (Å²) in [6, 6.07) is 4.81. The van der Waals surface area contributed by atoms with Crippen molar-refractivity contribution < 1.29 is 0 Å². The zero-order valence-electron chi connectivity index (χ0n) is 17.1. The predicted molar refractivity (Wildman–Crippen MR) is 115 cm³/mol. The monoisotopic (exact) mass is 379 g/mol. The number of hydrogen-bond donors (Lipinski definition) is 2. The zero-order valence-corrected chi connectivity index (χ0v) is 17.9. The van der Waals surface area contributed by atoms with Crippen LogP contribution in [0.1, 0.15) is 36.4 Å². The molecule has 5 nitrogen and oxygen atoms in total. The minimum atomic E-state index is 0.383. The highest BCUT2D eigenvalue weighted by atomic mass is 32.1. The molecule has 0 aromatic carbocycles. The van der Waals surface area contributed by atoms with Gasteiger partial charge in [-0.2, -0.15) is 0 Å². The van der Waals surface area contributed by atoms with Gasteiger partial charge in [0.25, 0.3) is 0 Å². The smallest absolute Gasteiger partial charge is 0.191 e. The summed E-state index contributed by atoms with van der Waals surface area (Å²) in [6.45, 7) is 14.9. The number of piperazine rings is 1. The second-order valence-electron chi connectivity index (χ2n) is 7.24. The summed E-state index contributed by atoms with van der Waals surface area (Å²) in [5.74, 6) is 0.919. The van der Waals surface area contributed by atoms with E-state index in [1.165, 1.54) is 61.9 Å². The fraction of sp³-hybridized carbons (Fsp3) is 0.750. The first-order valence-corrected chi connectivity index (χ1v) is 10.9. The average molecular weight is 380 g/mol. The van der Waals surface area contributed by atoms with Crippen LogP contribution in [0.2, 0.25) is 0 Å². The molecular weight excluding hydrogens is 342 g/mol. The predicted octanol–water partition coefficient (Wildman–Crippen LogP) is 2.57. The van der Waals surface area contributed by atoms with E-state index in [0.717, 1.165) is 18.9 Å². The van der Waals surface area contributed by atoms with Gasteiger partial charge in [-0.15, -0.1) is 11.3 Å². The molecule has 6 heteroatoms. The van der Waals surface area contributed by atoms with Crippen molar-refractivity contribution in [2.75, 3.05) is 52.9 Å². The van der Waals surface area contributed by atoms with Crippen molar-refractivity contribution in [1.29, 1.82) is 0 Å². The molecule has 0 spiro atoms. The van der Waals surface area contributed by atoms with Crippen molar-refractivity contribution in [3.63, 3.8) is 0 Å². The van der Waals surface area contributed by atoms with Crippen LogP contribution in [0.25, 0.3) is 0 Å². The van der Waals surface area contributed by atoms with E-state index in [2.05, 4.69) is 58.3 Å². The Morgan fingerprint density at radius 2 is 1.92 bits per heavy atom. The van der Waals surface area contributed by atoms with E-state index >= 15 is 0 Å². The highest BCUT2D eigenvalue weighted by molar-refractivity contribution is 7.11. The molecule has 2 heterocycles. The number of rotatable bonds is 9. The molecule has 1 fully saturated rings. The molecule has 0 aliphatic carbocycles. The van der Waals surface area contributed by atoms with Crippen LogP contribution in [-0.4, -0.2) is 74.7 Å². The molecule has 1 aliphatic rings. The van der Waals surface area contributed by atoms with E-state index in [1.54, 1.807) is 0 Å². The van der Waals surface area contributed by atoms with E-state index in [1.807, 2.05) is 18.4 Å². The van der Waals surface area contributed by atoms with Gasteiger partial charge in [-0.3, -0.25) is 4.99 Å². The highest BCUT2D eigenvalue weighted by Crippen LogP contribution is 2.16. The van der Waals surface area contributed by atoms with Crippen LogP contribution >= 0.6 is 11.3 Å². The minimum Gasteiger partial charge on any atom is -0.356 e. The number of thiophene rings is 1. The maximum Gasteiger partial charge on any atom is 0.191 e. The third-order valence-electron chi connectivity index (χ3n) is 5.02. The van der Waals surface area contributed by atoms with Gasteiger partial charge in [-0.05, 0) is 51.9 Å². The topological polar surface area (TPSA) is 42.9 Å². The van der Waals surface area contributed by atoms with Crippen LogP contribution in [0.3, 0.4) is 0 Å². The molecule has 26 heavy (non-hydrogen) atoms. The van der Waals surface area contributed by atoms with Crippen LogP contribution in [0.5, 0.6) is 0 Å². The summed E-state index contributed by atoms with van der Waals surface area (Å²) < 4.78 is 0. The number of hydrogen-bond acceptors (Lipinski definition) is 4. The molecule has 0 bridgehead atoms. The Balaban J connectivity index is 1.56. The van der Waals surface area contributed by atoms with E-state index in [0.29, 0.717) is 6.04 Å². The SMILES string of the molecule is CCN1CCN(CCCCNC(=NC)NC(C)Cc2ccc(C)s2)CC1. The summed E-state index contributed by atoms with van der Waals surface area (Å²) in [5, 5.41) is 6.97. The lowest BCUT2D eigenvalue weighted by molar-refractivity contribution is 0.136. The van der Waals surface area contributed by atoms with Crippen molar-refractivity contribution in [2.45, 2.75) is 46.1 Å². The van der Waals surface area contributed by atoms with Crippen LogP contribution < -0.4 is 10.6 Å². The van der Waals surface area contributed by atoms with E-state index < -0.39 is 0 Å². The first kappa shape index (κ1) is 21.2. The number of aryl methyl sites for hydroxylation is 1. The summed E-state index contributed by atoms with van der Waals surface area (Å²) >= 11 is 1.88. The number of unbranched alkanes of at least 4 members (excludes halogenated alkanes) is 1. The molecular formula is C20H37N5S. The van der Waals surface area contributed by atoms with Crippen molar-refractivity contribution in [1.82, 2.24) is 20.4 Å². The lowest BCUT2D eigenvalue weighted by Crippen LogP contribution is -2.46. The van der Waals surface area contributed by atoms with E-state index in [-0.39, 0.29) is 0 Å². The Hall–Kier alpha value is -1.11. The Kier molecular flexibility index (Phi) is 9.43. The Morgan fingerprint density at radius 1 is 1.19 bits per heavy atom. The molecule has 1 unspecified atom stereocenters.